The fourth-order valence-electron chi connectivity index (χ4n) is 2.66. The minimum Gasteiger partial charge on any atom is -0.349 e. The lowest BCUT2D eigenvalue weighted by atomic mass is 10.1. The maximum Gasteiger partial charge on any atom is 0.267 e. The summed E-state index contributed by atoms with van der Waals surface area (Å²) in [6.45, 7) is 3.69. The van der Waals surface area contributed by atoms with Gasteiger partial charge < -0.3 is 10.6 Å². The first-order valence-electron chi connectivity index (χ1n) is 9.43. The van der Waals surface area contributed by atoms with Crippen LogP contribution in [-0.4, -0.2) is 22.7 Å². The van der Waals surface area contributed by atoms with Gasteiger partial charge in [-0.15, -0.1) is 22.7 Å². The van der Waals surface area contributed by atoms with Crippen molar-refractivity contribution in [2.75, 3.05) is 10.6 Å². The highest BCUT2D eigenvalue weighted by Gasteiger charge is 2.14. The van der Waals surface area contributed by atoms with Crippen LogP contribution in [0.3, 0.4) is 0 Å². The van der Waals surface area contributed by atoms with Crippen LogP contribution < -0.4 is 16.0 Å². The molecule has 0 aliphatic carbocycles. The second-order valence-electron chi connectivity index (χ2n) is 6.57. The van der Waals surface area contributed by atoms with E-state index in [4.69, 9.17) is 0 Å². The number of hydrogen-bond donors (Lipinski definition) is 3. The van der Waals surface area contributed by atoms with Crippen molar-refractivity contribution in [1.29, 1.82) is 0 Å². The fraction of sp³-hybridized carbons (Fsp3) is 0.238. The maximum absolute atomic E-state index is 12.4. The molecule has 0 saturated heterocycles. The average molecular weight is 443 g/mol. The molecule has 3 N–H and O–H groups in total. The van der Waals surface area contributed by atoms with Gasteiger partial charge in [0, 0.05) is 17.5 Å². The molecule has 3 aromatic rings. The van der Waals surface area contributed by atoms with E-state index in [1.807, 2.05) is 42.6 Å². The van der Waals surface area contributed by atoms with Gasteiger partial charge in [0.2, 0.25) is 11.8 Å². The van der Waals surface area contributed by atoms with Crippen LogP contribution in [0.4, 0.5) is 10.8 Å². The molecule has 0 radical (unpaired) electrons. The highest BCUT2D eigenvalue weighted by Crippen LogP contribution is 2.19. The number of rotatable bonds is 8. The van der Waals surface area contributed by atoms with Gasteiger partial charge in [0.25, 0.3) is 5.91 Å². The molecule has 30 heavy (non-hydrogen) atoms. The number of carbonyl (C=O) groups is 3. The van der Waals surface area contributed by atoms with E-state index >= 15 is 0 Å². The lowest BCUT2D eigenvalue weighted by Gasteiger charge is -2.14. The molecule has 156 valence electrons. The molecular formula is C21H22N4O3S2. The first kappa shape index (κ1) is 21.7. The number of aromatic nitrogens is 1. The Labute approximate surface area is 182 Å². The number of nitrogens with zero attached hydrogens (tertiary/aromatic N) is 1. The molecular weight excluding hydrogens is 420 g/mol. The number of amides is 3. The van der Waals surface area contributed by atoms with E-state index < -0.39 is 0 Å². The zero-order valence-corrected chi connectivity index (χ0v) is 18.2. The number of nitrogens with one attached hydrogen (secondary N) is 3. The van der Waals surface area contributed by atoms with Crippen LogP contribution in [0.2, 0.25) is 0 Å². The minimum atomic E-state index is -0.206. The van der Waals surface area contributed by atoms with Crippen LogP contribution in [0, 0.1) is 0 Å². The first-order chi connectivity index (χ1) is 14.4. The van der Waals surface area contributed by atoms with Crippen molar-refractivity contribution >= 4 is 51.2 Å². The summed E-state index contributed by atoms with van der Waals surface area (Å²) in [5, 5.41) is 12.5. The Morgan fingerprint density at radius 2 is 1.80 bits per heavy atom. The van der Waals surface area contributed by atoms with Crippen LogP contribution in [0.15, 0.2) is 47.2 Å². The maximum atomic E-state index is 12.4. The van der Waals surface area contributed by atoms with Gasteiger partial charge in [-0.1, -0.05) is 25.1 Å². The minimum absolute atomic E-state index is 0.0432. The summed E-state index contributed by atoms with van der Waals surface area (Å²) in [4.78, 5) is 40.8. The van der Waals surface area contributed by atoms with Crippen LogP contribution in [0.25, 0.3) is 0 Å². The average Bonchev–Trinajstić information content (AvgIpc) is 3.40. The molecule has 0 aliphatic rings. The summed E-state index contributed by atoms with van der Waals surface area (Å²) >= 11 is 2.64. The van der Waals surface area contributed by atoms with Crippen LogP contribution in [0.1, 0.15) is 47.2 Å². The van der Waals surface area contributed by atoms with Gasteiger partial charge in [-0.25, -0.2) is 4.98 Å². The topological polar surface area (TPSA) is 100 Å². The quantitative estimate of drug-likeness (QED) is 0.486. The monoisotopic (exact) mass is 442 g/mol. The van der Waals surface area contributed by atoms with Gasteiger partial charge in [0.05, 0.1) is 23.0 Å². The zero-order valence-electron chi connectivity index (χ0n) is 16.6. The van der Waals surface area contributed by atoms with E-state index in [1.165, 1.54) is 22.7 Å². The molecule has 1 atom stereocenters. The van der Waals surface area contributed by atoms with Gasteiger partial charge in [0.1, 0.15) is 0 Å². The number of carbonyl (C=O) groups excluding carboxylic acids is 3. The van der Waals surface area contributed by atoms with E-state index in [9.17, 15) is 14.4 Å². The third-order valence-electron chi connectivity index (χ3n) is 4.25. The molecule has 3 amide bonds. The van der Waals surface area contributed by atoms with E-state index in [-0.39, 0.29) is 30.2 Å². The third kappa shape index (κ3) is 5.98. The van der Waals surface area contributed by atoms with Crippen LogP contribution >= 0.6 is 22.7 Å². The summed E-state index contributed by atoms with van der Waals surface area (Å²) in [5.41, 5.74) is 2.26. The van der Waals surface area contributed by atoms with Crippen molar-refractivity contribution < 1.29 is 14.4 Å². The molecule has 0 saturated carbocycles. The van der Waals surface area contributed by atoms with Crippen molar-refractivity contribution in [3.63, 3.8) is 0 Å². The summed E-state index contributed by atoms with van der Waals surface area (Å²) in [7, 11) is 0. The lowest BCUT2D eigenvalue weighted by Crippen LogP contribution is -2.28. The second-order valence-corrected chi connectivity index (χ2v) is 8.37. The van der Waals surface area contributed by atoms with Crippen molar-refractivity contribution in [2.24, 2.45) is 0 Å². The highest BCUT2D eigenvalue weighted by atomic mass is 32.1. The predicted octanol–water partition coefficient (Wildman–Crippen LogP) is 4.23. The predicted molar refractivity (Wildman–Crippen MR) is 120 cm³/mol. The Morgan fingerprint density at radius 1 is 1.03 bits per heavy atom. The standard InChI is InChI=1S/C21H22N4O3S2/c1-3-18(26)23-15-8-6-14(7-9-15)13(2)22-19(27)11-16-12-30-21(24-16)25-20(28)17-5-4-10-29-17/h4-10,12-13H,3,11H2,1-2H3,(H,22,27)(H,23,26)(H,24,25,28). The summed E-state index contributed by atoms with van der Waals surface area (Å²) in [6, 6.07) is 10.7. The van der Waals surface area contributed by atoms with Crippen molar-refractivity contribution in [2.45, 2.75) is 32.7 Å². The Morgan fingerprint density at radius 3 is 2.47 bits per heavy atom. The Hall–Kier alpha value is -3.04. The molecule has 9 heteroatoms. The molecule has 0 bridgehead atoms. The van der Waals surface area contributed by atoms with E-state index in [0.29, 0.717) is 22.1 Å². The molecule has 2 heterocycles. The smallest absolute Gasteiger partial charge is 0.267 e. The summed E-state index contributed by atoms with van der Waals surface area (Å²) in [6.07, 6.45) is 0.546. The normalized spacial score (nSPS) is 11.5. The number of anilines is 2. The van der Waals surface area contributed by atoms with Crippen molar-refractivity contribution in [1.82, 2.24) is 10.3 Å². The molecule has 0 fully saturated rings. The lowest BCUT2D eigenvalue weighted by molar-refractivity contribution is -0.121. The van der Waals surface area contributed by atoms with Gasteiger partial charge in [-0.05, 0) is 36.1 Å². The third-order valence-corrected chi connectivity index (χ3v) is 5.93. The molecule has 3 rings (SSSR count). The van der Waals surface area contributed by atoms with Gasteiger partial charge in [-0.3, -0.25) is 19.7 Å². The Balaban J connectivity index is 1.51. The van der Waals surface area contributed by atoms with E-state index in [1.54, 1.807) is 18.4 Å². The Kier molecular flexibility index (Phi) is 7.31. The van der Waals surface area contributed by atoms with Crippen molar-refractivity contribution in [3.8, 4) is 0 Å². The molecule has 0 aliphatic heterocycles. The second kappa shape index (κ2) is 10.1. The van der Waals surface area contributed by atoms with Gasteiger partial charge in [-0.2, -0.15) is 0 Å². The SMILES string of the molecule is CCC(=O)Nc1ccc(C(C)NC(=O)Cc2csc(NC(=O)c3cccs3)n2)cc1. The first-order valence-corrected chi connectivity index (χ1v) is 11.2. The zero-order chi connectivity index (χ0) is 21.5. The number of thiazole rings is 1. The van der Waals surface area contributed by atoms with E-state index in [0.717, 1.165) is 11.3 Å². The fourth-order valence-corrected chi connectivity index (χ4v) is 3.98. The van der Waals surface area contributed by atoms with Crippen molar-refractivity contribution in [3.05, 3.63) is 63.3 Å². The molecule has 2 aromatic heterocycles. The largest absolute Gasteiger partial charge is 0.349 e. The summed E-state index contributed by atoms with van der Waals surface area (Å²) in [5.74, 6) is -0.409. The molecule has 7 nitrogen and oxygen atoms in total. The number of hydrogen-bond acceptors (Lipinski definition) is 6. The molecule has 1 unspecified atom stereocenters. The van der Waals surface area contributed by atoms with Crippen LogP contribution in [-0.2, 0) is 16.0 Å². The van der Waals surface area contributed by atoms with E-state index in [2.05, 4.69) is 20.9 Å². The van der Waals surface area contributed by atoms with Gasteiger partial charge >= 0.3 is 0 Å². The number of thiophene rings is 1. The molecule has 1 aromatic carbocycles. The van der Waals surface area contributed by atoms with Crippen LogP contribution in [0.5, 0.6) is 0 Å². The Bertz CT molecular complexity index is 1010. The van der Waals surface area contributed by atoms with Gasteiger partial charge in [0.15, 0.2) is 5.13 Å². The number of benzene rings is 1. The summed E-state index contributed by atoms with van der Waals surface area (Å²) < 4.78 is 0. The highest BCUT2D eigenvalue weighted by molar-refractivity contribution is 7.14. The molecule has 0 spiro atoms.